The Balaban J connectivity index is 2.90. The van der Waals surface area contributed by atoms with Gasteiger partial charge in [-0.1, -0.05) is 11.8 Å². The van der Waals surface area contributed by atoms with Crippen LogP contribution in [-0.4, -0.2) is 26.7 Å². The molecule has 1 rings (SSSR count). The Labute approximate surface area is 83.5 Å². The number of rotatable bonds is 3. The van der Waals surface area contributed by atoms with Crippen LogP contribution >= 0.6 is 11.8 Å². The molecular formula is C7H9N3O3S. The molecule has 1 aromatic rings. The summed E-state index contributed by atoms with van der Waals surface area (Å²) in [4.78, 5) is 27.6. The van der Waals surface area contributed by atoms with E-state index >= 15 is 0 Å². The molecule has 1 amide bonds. The monoisotopic (exact) mass is 215 g/mol. The molecule has 0 saturated heterocycles. The highest BCUT2D eigenvalue weighted by Gasteiger charge is 2.06. The number of nitrogens with zero attached hydrogens (tertiary/aromatic N) is 1. The van der Waals surface area contributed by atoms with Crippen molar-refractivity contribution >= 4 is 17.7 Å². The van der Waals surface area contributed by atoms with Crippen LogP contribution in [0.4, 0.5) is 0 Å². The Kier molecular flexibility index (Phi) is 3.13. The van der Waals surface area contributed by atoms with Gasteiger partial charge in [-0.25, -0.2) is 0 Å². The first-order valence-electron chi connectivity index (χ1n) is 3.71. The number of nitrogens with two attached hydrogens (primary N) is 1. The van der Waals surface area contributed by atoms with Gasteiger partial charge < -0.3 is 15.8 Å². The summed E-state index contributed by atoms with van der Waals surface area (Å²) in [5.41, 5.74) is 4.62. The number of aromatic nitrogens is 2. The van der Waals surface area contributed by atoms with Crippen LogP contribution in [-0.2, 0) is 4.79 Å². The second-order valence-corrected chi connectivity index (χ2v) is 3.54. The summed E-state index contributed by atoms with van der Waals surface area (Å²) in [5, 5.41) is 9.36. The van der Waals surface area contributed by atoms with Crippen LogP contribution in [0.2, 0.25) is 0 Å². The molecule has 0 bridgehead atoms. The molecule has 4 N–H and O–H groups in total. The van der Waals surface area contributed by atoms with Gasteiger partial charge in [-0.2, -0.15) is 4.98 Å². The number of thioether (sulfide) groups is 1. The minimum absolute atomic E-state index is 0.00540. The van der Waals surface area contributed by atoms with Crippen molar-refractivity contribution in [3.63, 3.8) is 0 Å². The predicted molar refractivity (Wildman–Crippen MR) is 51.2 cm³/mol. The van der Waals surface area contributed by atoms with E-state index in [0.717, 1.165) is 11.8 Å². The summed E-state index contributed by atoms with van der Waals surface area (Å²) in [7, 11) is 0. The minimum atomic E-state index is -0.516. The van der Waals surface area contributed by atoms with Gasteiger partial charge in [0.05, 0.1) is 11.3 Å². The van der Waals surface area contributed by atoms with Crippen LogP contribution in [0.15, 0.2) is 9.95 Å². The van der Waals surface area contributed by atoms with Crippen LogP contribution in [0, 0.1) is 6.92 Å². The lowest BCUT2D eigenvalue weighted by molar-refractivity contribution is -0.115. The van der Waals surface area contributed by atoms with Crippen molar-refractivity contribution in [3.8, 4) is 5.88 Å². The maximum absolute atomic E-state index is 11.1. The van der Waals surface area contributed by atoms with E-state index in [1.807, 2.05) is 0 Å². The fraction of sp³-hybridized carbons (Fsp3) is 0.286. The van der Waals surface area contributed by atoms with Crippen molar-refractivity contribution < 1.29 is 9.90 Å². The van der Waals surface area contributed by atoms with Gasteiger partial charge in [0.1, 0.15) is 0 Å². The summed E-state index contributed by atoms with van der Waals surface area (Å²) >= 11 is 0.964. The van der Waals surface area contributed by atoms with Gasteiger partial charge in [0.25, 0.3) is 5.56 Å². The normalized spacial score (nSPS) is 10.1. The molecule has 14 heavy (non-hydrogen) atoms. The Bertz CT molecular complexity index is 415. The van der Waals surface area contributed by atoms with Gasteiger partial charge in [0, 0.05) is 0 Å². The summed E-state index contributed by atoms with van der Waals surface area (Å²) in [6, 6.07) is 0. The second kappa shape index (κ2) is 4.14. The van der Waals surface area contributed by atoms with Crippen molar-refractivity contribution in [2.24, 2.45) is 5.73 Å². The standard InChI is InChI=1S/C7H9N3O3S/c1-3-5(12)9-7(10-6(3)13)14-2-4(8)11/h2H2,1H3,(H2,8,11)(H2,9,10,12,13). The Morgan fingerprint density at radius 3 is 2.86 bits per heavy atom. The zero-order valence-electron chi connectivity index (χ0n) is 7.40. The Morgan fingerprint density at radius 1 is 1.71 bits per heavy atom. The molecule has 0 aliphatic heterocycles. The third-order valence-electron chi connectivity index (χ3n) is 1.46. The van der Waals surface area contributed by atoms with Crippen molar-refractivity contribution in [2.75, 3.05) is 5.75 Å². The first-order chi connectivity index (χ1) is 6.50. The highest BCUT2D eigenvalue weighted by Crippen LogP contribution is 2.14. The fourth-order valence-corrected chi connectivity index (χ4v) is 1.30. The number of hydrogen-bond acceptors (Lipinski definition) is 5. The molecule has 0 saturated carbocycles. The zero-order chi connectivity index (χ0) is 10.7. The van der Waals surface area contributed by atoms with Crippen molar-refractivity contribution in [1.29, 1.82) is 0 Å². The lowest BCUT2D eigenvalue weighted by atomic mass is 10.4. The molecule has 1 heterocycles. The molecule has 6 nitrogen and oxygen atoms in total. The number of nitrogens with one attached hydrogen (secondary N) is 1. The van der Waals surface area contributed by atoms with Gasteiger partial charge in [-0.3, -0.25) is 9.59 Å². The average molecular weight is 215 g/mol. The topological polar surface area (TPSA) is 109 Å². The maximum Gasteiger partial charge on any atom is 0.258 e. The second-order valence-electron chi connectivity index (χ2n) is 2.57. The minimum Gasteiger partial charge on any atom is -0.493 e. The van der Waals surface area contributed by atoms with Gasteiger partial charge in [0.15, 0.2) is 5.16 Å². The van der Waals surface area contributed by atoms with Gasteiger partial charge in [-0.05, 0) is 6.92 Å². The molecular weight excluding hydrogens is 206 g/mol. The number of primary amides is 1. The summed E-state index contributed by atoms with van der Waals surface area (Å²) in [5.74, 6) is -0.843. The lowest BCUT2D eigenvalue weighted by Crippen LogP contribution is -2.15. The van der Waals surface area contributed by atoms with E-state index in [1.165, 1.54) is 6.92 Å². The Morgan fingerprint density at radius 2 is 2.36 bits per heavy atom. The molecule has 0 spiro atoms. The number of H-pyrrole nitrogens is 1. The van der Waals surface area contributed by atoms with Gasteiger partial charge >= 0.3 is 0 Å². The number of aromatic hydroxyl groups is 1. The third-order valence-corrected chi connectivity index (χ3v) is 2.35. The molecule has 0 radical (unpaired) electrons. The zero-order valence-corrected chi connectivity index (χ0v) is 8.22. The van der Waals surface area contributed by atoms with Crippen LogP contribution in [0.25, 0.3) is 0 Å². The molecule has 0 aliphatic rings. The quantitative estimate of drug-likeness (QED) is 0.459. The SMILES string of the molecule is Cc1c(O)nc(SCC(N)=O)[nH]c1=O. The van der Waals surface area contributed by atoms with E-state index in [2.05, 4.69) is 9.97 Å². The van der Waals surface area contributed by atoms with E-state index in [4.69, 9.17) is 5.73 Å². The highest BCUT2D eigenvalue weighted by molar-refractivity contribution is 7.99. The van der Waals surface area contributed by atoms with Crippen LogP contribution < -0.4 is 11.3 Å². The van der Waals surface area contributed by atoms with Gasteiger partial charge in [-0.15, -0.1) is 0 Å². The summed E-state index contributed by atoms with van der Waals surface area (Å²) < 4.78 is 0. The van der Waals surface area contributed by atoms with E-state index in [-0.39, 0.29) is 22.4 Å². The lowest BCUT2D eigenvalue weighted by Gasteiger charge is -2.00. The molecule has 0 unspecified atom stereocenters. The molecule has 0 aromatic carbocycles. The number of amides is 1. The highest BCUT2D eigenvalue weighted by atomic mass is 32.2. The summed E-state index contributed by atoms with van der Waals surface area (Å²) in [6.45, 7) is 1.45. The molecule has 0 aliphatic carbocycles. The average Bonchev–Trinajstić information content (AvgIpc) is 2.10. The molecule has 76 valence electrons. The number of hydrogen-bond donors (Lipinski definition) is 3. The van der Waals surface area contributed by atoms with Crippen LogP contribution in [0.1, 0.15) is 5.56 Å². The van der Waals surface area contributed by atoms with E-state index in [1.54, 1.807) is 0 Å². The Hall–Kier alpha value is -1.50. The molecule has 0 atom stereocenters. The van der Waals surface area contributed by atoms with Crippen LogP contribution in [0.3, 0.4) is 0 Å². The number of carbonyl (C=O) groups excluding carboxylic acids is 1. The van der Waals surface area contributed by atoms with Crippen LogP contribution in [0.5, 0.6) is 5.88 Å². The van der Waals surface area contributed by atoms with E-state index in [9.17, 15) is 14.7 Å². The van der Waals surface area contributed by atoms with Crippen molar-refractivity contribution in [3.05, 3.63) is 15.9 Å². The van der Waals surface area contributed by atoms with E-state index < -0.39 is 11.5 Å². The largest absolute Gasteiger partial charge is 0.493 e. The molecule has 1 aromatic heterocycles. The third kappa shape index (κ3) is 2.49. The first kappa shape index (κ1) is 10.6. The first-order valence-corrected chi connectivity index (χ1v) is 4.70. The van der Waals surface area contributed by atoms with Gasteiger partial charge in [0.2, 0.25) is 11.8 Å². The van der Waals surface area contributed by atoms with Crippen molar-refractivity contribution in [1.82, 2.24) is 9.97 Å². The van der Waals surface area contributed by atoms with E-state index in [0.29, 0.717) is 0 Å². The number of carbonyl (C=O) groups is 1. The summed E-state index contributed by atoms with van der Waals surface area (Å²) in [6.07, 6.45) is 0. The smallest absolute Gasteiger partial charge is 0.258 e. The fourth-order valence-electron chi connectivity index (χ4n) is 0.708. The predicted octanol–water partition coefficient (Wildman–Crippen LogP) is -0.639. The molecule has 0 fully saturated rings. The van der Waals surface area contributed by atoms with Crippen molar-refractivity contribution in [2.45, 2.75) is 12.1 Å². The molecule has 7 heteroatoms. The maximum atomic E-state index is 11.1. The number of aromatic amines is 1.